The fraction of sp³-hybridized carbons (Fsp3) is 0.167. The summed E-state index contributed by atoms with van der Waals surface area (Å²) in [7, 11) is 0. The van der Waals surface area contributed by atoms with Crippen LogP contribution in [0.2, 0.25) is 0 Å². The summed E-state index contributed by atoms with van der Waals surface area (Å²) < 4.78 is 0. The second-order valence-corrected chi connectivity index (χ2v) is 3.88. The Balaban J connectivity index is 2.03. The average Bonchev–Trinajstić information content (AvgIpc) is 2.39. The van der Waals surface area contributed by atoms with Crippen LogP contribution in [0, 0.1) is 10.1 Å². The van der Waals surface area contributed by atoms with E-state index in [1.807, 2.05) is 30.3 Å². The Morgan fingerprint density at radius 3 is 2.74 bits per heavy atom. The molecule has 0 bridgehead atoms. The van der Waals surface area contributed by atoms with Gasteiger partial charge in [0.25, 0.3) is 0 Å². The van der Waals surface area contributed by atoms with Crippen molar-refractivity contribution in [2.45, 2.75) is 6.42 Å². The van der Waals surface area contributed by atoms with Crippen LogP contribution in [0.4, 0.5) is 17.5 Å². The predicted molar refractivity (Wildman–Crippen MR) is 71.7 cm³/mol. The van der Waals surface area contributed by atoms with Gasteiger partial charge in [0.2, 0.25) is 11.8 Å². The molecule has 0 atom stereocenters. The Morgan fingerprint density at radius 2 is 2.05 bits per heavy atom. The van der Waals surface area contributed by atoms with Crippen molar-refractivity contribution in [3.8, 4) is 0 Å². The van der Waals surface area contributed by atoms with Gasteiger partial charge < -0.3 is 11.1 Å². The van der Waals surface area contributed by atoms with E-state index in [-0.39, 0.29) is 17.5 Å². The number of nitrogen functional groups attached to an aromatic ring is 1. The molecule has 0 radical (unpaired) electrons. The lowest BCUT2D eigenvalue weighted by molar-refractivity contribution is -0.384. The second-order valence-electron chi connectivity index (χ2n) is 3.88. The molecular formula is C12H13N5O2. The summed E-state index contributed by atoms with van der Waals surface area (Å²) in [6.45, 7) is 0.529. The molecule has 2 aromatic rings. The number of nitrogens with two attached hydrogens (primary N) is 1. The van der Waals surface area contributed by atoms with Gasteiger partial charge in [-0.2, -0.15) is 4.98 Å². The summed E-state index contributed by atoms with van der Waals surface area (Å²) in [5, 5.41) is 13.7. The molecule has 0 spiro atoms. The molecule has 1 aromatic heterocycles. The Kier molecular flexibility index (Phi) is 3.87. The summed E-state index contributed by atoms with van der Waals surface area (Å²) in [5.41, 5.74) is 6.39. The van der Waals surface area contributed by atoms with Crippen LogP contribution < -0.4 is 11.1 Å². The minimum Gasteiger partial charge on any atom is -0.368 e. The predicted octanol–water partition coefficient (Wildman–Crippen LogP) is 1.62. The topological polar surface area (TPSA) is 107 Å². The highest BCUT2D eigenvalue weighted by atomic mass is 16.6. The quantitative estimate of drug-likeness (QED) is 0.624. The average molecular weight is 259 g/mol. The number of hydrogen-bond donors (Lipinski definition) is 2. The molecule has 98 valence electrons. The first-order valence-electron chi connectivity index (χ1n) is 5.71. The van der Waals surface area contributed by atoms with Crippen LogP contribution in [0.25, 0.3) is 0 Å². The van der Waals surface area contributed by atoms with Crippen LogP contribution in [0.3, 0.4) is 0 Å². The van der Waals surface area contributed by atoms with Crippen LogP contribution in [-0.2, 0) is 6.42 Å². The number of nitrogens with one attached hydrogen (secondary N) is 1. The summed E-state index contributed by atoms with van der Waals surface area (Å²) in [4.78, 5) is 17.7. The van der Waals surface area contributed by atoms with Crippen LogP contribution >= 0.6 is 0 Å². The van der Waals surface area contributed by atoms with Crippen molar-refractivity contribution in [1.82, 2.24) is 9.97 Å². The van der Waals surface area contributed by atoms with Crippen LogP contribution in [-0.4, -0.2) is 21.4 Å². The Labute approximate surface area is 109 Å². The monoisotopic (exact) mass is 259 g/mol. The highest BCUT2D eigenvalue weighted by molar-refractivity contribution is 5.56. The molecule has 7 heteroatoms. The first-order valence-corrected chi connectivity index (χ1v) is 5.71. The van der Waals surface area contributed by atoms with Gasteiger partial charge in [-0.25, -0.2) is 4.98 Å². The first kappa shape index (κ1) is 12.7. The summed E-state index contributed by atoms with van der Waals surface area (Å²) in [5.74, 6) is 0.154. The van der Waals surface area contributed by atoms with E-state index in [9.17, 15) is 10.1 Å². The molecule has 3 N–H and O–H groups in total. The van der Waals surface area contributed by atoms with Crippen molar-refractivity contribution < 1.29 is 4.92 Å². The molecule has 0 amide bonds. The van der Waals surface area contributed by atoms with Crippen LogP contribution in [0.1, 0.15) is 5.56 Å². The molecule has 0 saturated heterocycles. The highest BCUT2D eigenvalue weighted by Crippen LogP contribution is 2.20. The number of benzene rings is 1. The molecule has 19 heavy (non-hydrogen) atoms. The third kappa shape index (κ3) is 3.38. The van der Waals surface area contributed by atoms with E-state index >= 15 is 0 Å². The number of aromatic nitrogens is 2. The molecule has 0 fully saturated rings. The van der Waals surface area contributed by atoms with Gasteiger partial charge in [-0.05, 0) is 12.0 Å². The minimum atomic E-state index is -0.537. The lowest BCUT2D eigenvalue weighted by Gasteiger charge is -2.06. The molecule has 0 aliphatic heterocycles. The largest absolute Gasteiger partial charge is 0.368 e. The second kappa shape index (κ2) is 5.76. The van der Waals surface area contributed by atoms with Crippen molar-refractivity contribution in [2.75, 3.05) is 17.6 Å². The van der Waals surface area contributed by atoms with Gasteiger partial charge in [0.05, 0.1) is 4.92 Å². The Morgan fingerprint density at radius 1 is 1.32 bits per heavy atom. The Hall–Kier alpha value is -2.70. The molecule has 0 aliphatic carbocycles. The van der Waals surface area contributed by atoms with Crippen molar-refractivity contribution in [2.24, 2.45) is 0 Å². The molecule has 1 heterocycles. The summed E-state index contributed by atoms with van der Waals surface area (Å²) in [6, 6.07) is 9.81. The van der Waals surface area contributed by atoms with E-state index in [1.54, 1.807) is 0 Å². The lowest BCUT2D eigenvalue weighted by Crippen LogP contribution is -2.10. The Bertz CT molecular complexity index is 574. The molecule has 2 rings (SSSR count). The normalized spacial score (nSPS) is 10.1. The third-order valence-corrected chi connectivity index (χ3v) is 2.53. The van der Waals surface area contributed by atoms with Crippen LogP contribution in [0.5, 0.6) is 0 Å². The van der Waals surface area contributed by atoms with E-state index in [4.69, 9.17) is 5.73 Å². The number of rotatable bonds is 5. The highest BCUT2D eigenvalue weighted by Gasteiger charge is 2.15. The maximum Gasteiger partial charge on any atom is 0.329 e. The van der Waals surface area contributed by atoms with Gasteiger partial charge in [-0.15, -0.1) is 0 Å². The van der Waals surface area contributed by atoms with Gasteiger partial charge in [-0.1, -0.05) is 30.3 Å². The van der Waals surface area contributed by atoms with Crippen molar-refractivity contribution >= 4 is 17.5 Å². The SMILES string of the molecule is Nc1ncc([N+](=O)[O-])c(NCCc2ccccc2)n1. The molecule has 0 aliphatic rings. The first-order chi connectivity index (χ1) is 9.16. The number of anilines is 2. The molecule has 0 saturated carbocycles. The van der Waals surface area contributed by atoms with E-state index in [1.165, 1.54) is 0 Å². The standard InChI is InChI=1S/C12H13N5O2/c13-12-15-8-10(17(18)19)11(16-12)14-7-6-9-4-2-1-3-5-9/h1-5,8H,6-7H2,(H3,13,14,15,16). The number of nitro groups is 1. The van der Waals surface area contributed by atoms with Gasteiger partial charge >= 0.3 is 5.69 Å². The summed E-state index contributed by atoms with van der Waals surface area (Å²) >= 11 is 0. The van der Waals surface area contributed by atoms with E-state index in [0.717, 1.165) is 18.2 Å². The number of hydrogen-bond acceptors (Lipinski definition) is 6. The molecule has 0 unspecified atom stereocenters. The van der Waals surface area contributed by atoms with Crippen molar-refractivity contribution in [3.63, 3.8) is 0 Å². The van der Waals surface area contributed by atoms with E-state index < -0.39 is 4.92 Å². The van der Waals surface area contributed by atoms with Gasteiger partial charge in [0.15, 0.2) is 0 Å². The maximum atomic E-state index is 10.8. The zero-order valence-electron chi connectivity index (χ0n) is 10.1. The van der Waals surface area contributed by atoms with Crippen molar-refractivity contribution in [1.29, 1.82) is 0 Å². The number of nitrogens with zero attached hydrogens (tertiary/aromatic N) is 3. The zero-order valence-corrected chi connectivity index (χ0v) is 10.1. The fourth-order valence-electron chi connectivity index (χ4n) is 1.62. The van der Waals surface area contributed by atoms with Gasteiger partial charge in [-0.3, -0.25) is 10.1 Å². The minimum absolute atomic E-state index is 0.00723. The molecule has 1 aromatic carbocycles. The zero-order chi connectivity index (χ0) is 13.7. The van der Waals surface area contributed by atoms with Crippen LogP contribution in [0.15, 0.2) is 36.5 Å². The fourth-order valence-corrected chi connectivity index (χ4v) is 1.62. The van der Waals surface area contributed by atoms with Crippen molar-refractivity contribution in [3.05, 3.63) is 52.2 Å². The van der Waals surface area contributed by atoms with Gasteiger partial charge in [0, 0.05) is 6.54 Å². The van der Waals surface area contributed by atoms with Gasteiger partial charge in [0.1, 0.15) is 6.20 Å². The smallest absolute Gasteiger partial charge is 0.329 e. The van der Waals surface area contributed by atoms with E-state index in [2.05, 4.69) is 15.3 Å². The third-order valence-electron chi connectivity index (χ3n) is 2.53. The molecular weight excluding hydrogens is 246 g/mol. The maximum absolute atomic E-state index is 10.8. The summed E-state index contributed by atoms with van der Waals surface area (Å²) in [6.07, 6.45) is 1.84. The molecule has 7 nitrogen and oxygen atoms in total. The van der Waals surface area contributed by atoms with E-state index in [0.29, 0.717) is 6.54 Å². The lowest BCUT2D eigenvalue weighted by atomic mass is 10.1.